The van der Waals surface area contributed by atoms with Crippen LogP contribution in [0.15, 0.2) is 42.5 Å². The van der Waals surface area contributed by atoms with Gasteiger partial charge in [-0.1, -0.05) is 36.4 Å². The molecule has 5 nitrogen and oxygen atoms in total. The van der Waals surface area contributed by atoms with Gasteiger partial charge in [-0.3, -0.25) is 4.90 Å². The molecule has 0 aromatic heterocycles. The molecule has 2 aromatic carbocycles. The number of likely N-dealkylation sites (tertiary alicyclic amines) is 1. The fourth-order valence-electron chi connectivity index (χ4n) is 6.60. The summed E-state index contributed by atoms with van der Waals surface area (Å²) in [7, 11) is 0. The Balaban J connectivity index is 1.35. The molecule has 2 aromatic rings. The first kappa shape index (κ1) is 20.5. The lowest BCUT2D eigenvalue weighted by Gasteiger charge is -2.56. The van der Waals surface area contributed by atoms with E-state index in [9.17, 15) is 10.2 Å². The van der Waals surface area contributed by atoms with Crippen LogP contribution in [0.5, 0.6) is 11.5 Å². The minimum absolute atomic E-state index is 0.0254. The molecule has 2 aliphatic carbocycles. The average Bonchev–Trinajstić information content (AvgIpc) is 3.39. The Bertz CT molecular complexity index is 1020. The monoisotopic (exact) mass is 435 g/mol. The van der Waals surface area contributed by atoms with Gasteiger partial charge in [0.05, 0.1) is 16.6 Å². The molecule has 32 heavy (non-hydrogen) atoms. The largest absolute Gasteiger partial charge is 0.485 e. The zero-order valence-corrected chi connectivity index (χ0v) is 18.8. The van der Waals surface area contributed by atoms with Gasteiger partial charge in [-0.05, 0) is 69.2 Å². The number of rotatable bonds is 5. The molecule has 4 aliphatic rings. The molecule has 6 rings (SSSR count). The number of hydrogen-bond donors (Lipinski definition) is 2. The predicted molar refractivity (Wildman–Crippen MR) is 122 cm³/mol. The van der Waals surface area contributed by atoms with E-state index in [-0.39, 0.29) is 6.10 Å². The number of β-amino-alcohol motifs (C(OH)–C–C–N with tert-alkyl or cyclic N) is 2. The molecule has 3 fully saturated rings. The molecular formula is C27H33NO4. The van der Waals surface area contributed by atoms with Crippen molar-refractivity contribution in [1.29, 1.82) is 0 Å². The summed E-state index contributed by atoms with van der Waals surface area (Å²) >= 11 is 0. The molecule has 2 N–H and O–H groups in total. The summed E-state index contributed by atoms with van der Waals surface area (Å²) in [5.74, 6) is 1.61. The number of ether oxygens (including phenoxy) is 2. The summed E-state index contributed by atoms with van der Waals surface area (Å²) in [6.45, 7) is 4.77. The minimum atomic E-state index is -0.854. The van der Waals surface area contributed by atoms with Gasteiger partial charge in [-0.15, -0.1) is 0 Å². The fraction of sp³-hybridized carbons (Fsp3) is 0.556. The molecule has 2 unspecified atom stereocenters. The summed E-state index contributed by atoms with van der Waals surface area (Å²) in [4.78, 5) is 2.28. The zero-order chi connectivity index (χ0) is 22.0. The van der Waals surface area contributed by atoms with E-state index in [0.717, 1.165) is 67.7 Å². The van der Waals surface area contributed by atoms with Crippen LogP contribution in [0, 0.1) is 6.92 Å². The molecule has 3 atom stereocenters. The Hall–Kier alpha value is -2.08. The van der Waals surface area contributed by atoms with E-state index >= 15 is 0 Å². The van der Waals surface area contributed by atoms with Crippen LogP contribution >= 0.6 is 0 Å². The second-order valence-electron chi connectivity index (χ2n) is 10.5. The van der Waals surface area contributed by atoms with Gasteiger partial charge in [0.15, 0.2) is 11.5 Å². The molecule has 2 saturated carbocycles. The first-order chi connectivity index (χ1) is 15.4. The van der Waals surface area contributed by atoms with Crippen molar-refractivity contribution in [2.75, 3.05) is 19.6 Å². The highest BCUT2D eigenvalue weighted by Gasteiger charge is 2.66. The van der Waals surface area contributed by atoms with Crippen LogP contribution in [0.4, 0.5) is 0 Å². The summed E-state index contributed by atoms with van der Waals surface area (Å²) in [6.07, 6.45) is 5.26. The van der Waals surface area contributed by atoms with Crippen LogP contribution in [0.2, 0.25) is 0 Å². The Labute approximate surface area is 190 Å². The maximum absolute atomic E-state index is 12.2. The molecule has 170 valence electrons. The summed E-state index contributed by atoms with van der Waals surface area (Å²) in [5.41, 5.74) is 1.66. The molecule has 2 heterocycles. The van der Waals surface area contributed by atoms with E-state index in [0.29, 0.717) is 19.7 Å². The van der Waals surface area contributed by atoms with Crippen molar-refractivity contribution >= 4 is 0 Å². The highest BCUT2D eigenvalue weighted by molar-refractivity contribution is 5.60. The maximum atomic E-state index is 12.2. The van der Waals surface area contributed by atoms with E-state index in [1.807, 2.05) is 24.3 Å². The molecule has 1 spiro atoms. The number of aryl methyl sites for hydroxylation is 1. The van der Waals surface area contributed by atoms with Gasteiger partial charge >= 0.3 is 0 Å². The number of hydrogen-bond acceptors (Lipinski definition) is 5. The molecule has 0 amide bonds. The van der Waals surface area contributed by atoms with Gasteiger partial charge < -0.3 is 19.7 Å². The lowest BCUT2D eigenvalue weighted by molar-refractivity contribution is -0.150. The highest BCUT2D eigenvalue weighted by atomic mass is 16.5. The van der Waals surface area contributed by atoms with Crippen molar-refractivity contribution < 1.29 is 19.7 Å². The van der Waals surface area contributed by atoms with Gasteiger partial charge in [0.2, 0.25) is 0 Å². The third-order valence-electron chi connectivity index (χ3n) is 8.36. The predicted octanol–water partition coefficient (Wildman–Crippen LogP) is 3.72. The number of piperidine rings is 1. The van der Waals surface area contributed by atoms with Gasteiger partial charge in [0.1, 0.15) is 12.7 Å². The maximum Gasteiger partial charge on any atom is 0.165 e. The second-order valence-corrected chi connectivity index (χ2v) is 10.5. The summed E-state index contributed by atoms with van der Waals surface area (Å²) < 4.78 is 12.9. The Morgan fingerprint density at radius 2 is 1.88 bits per heavy atom. The molecule has 2 aliphatic heterocycles. The third kappa shape index (κ3) is 3.09. The smallest absolute Gasteiger partial charge is 0.165 e. The first-order valence-electron chi connectivity index (χ1n) is 12.1. The van der Waals surface area contributed by atoms with E-state index in [1.54, 1.807) is 0 Å². The van der Waals surface area contributed by atoms with Crippen molar-refractivity contribution in [3.8, 4) is 11.5 Å². The van der Waals surface area contributed by atoms with Gasteiger partial charge in [-0.2, -0.15) is 0 Å². The number of aliphatic hydroxyl groups is 2. The summed E-state index contributed by atoms with van der Waals surface area (Å²) in [6, 6.07) is 14.3. The molecule has 0 radical (unpaired) electrons. The molecule has 1 saturated heterocycles. The standard InChI is InChI=1S/C27H33NO4/c1-19-9-10-21(31-16-20-6-3-2-4-7-20)24-23(19)27-14-15-28(17-25(29)12-13-25)18-26(27,30)11-5-8-22(27)32-24/h2-4,6-7,9-10,22,29-30H,5,8,11-18H2,1H3/t22-,26?,27?/m0/s1. The van der Waals surface area contributed by atoms with Crippen molar-refractivity contribution in [2.45, 2.75) is 74.8 Å². The molecule has 0 bridgehead atoms. The summed E-state index contributed by atoms with van der Waals surface area (Å²) in [5, 5.41) is 22.6. The van der Waals surface area contributed by atoms with Crippen molar-refractivity contribution in [3.63, 3.8) is 0 Å². The van der Waals surface area contributed by atoms with E-state index < -0.39 is 16.6 Å². The lowest BCUT2D eigenvalue weighted by Crippen LogP contribution is -2.68. The van der Waals surface area contributed by atoms with Crippen LogP contribution in [0.1, 0.15) is 55.2 Å². The van der Waals surface area contributed by atoms with Gasteiger partial charge in [0.25, 0.3) is 0 Å². The quantitative estimate of drug-likeness (QED) is 0.750. The van der Waals surface area contributed by atoms with Gasteiger partial charge in [0, 0.05) is 18.7 Å². The van der Waals surface area contributed by atoms with Crippen LogP contribution < -0.4 is 9.47 Å². The second kappa shape index (κ2) is 7.21. The zero-order valence-electron chi connectivity index (χ0n) is 18.8. The van der Waals surface area contributed by atoms with E-state index in [4.69, 9.17) is 9.47 Å². The molecular weight excluding hydrogens is 402 g/mol. The van der Waals surface area contributed by atoms with Crippen molar-refractivity contribution in [2.24, 2.45) is 0 Å². The highest BCUT2D eigenvalue weighted by Crippen LogP contribution is 2.61. The third-order valence-corrected chi connectivity index (χ3v) is 8.36. The number of nitrogens with zero attached hydrogens (tertiary/aromatic N) is 1. The molecule has 5 heteroatoms. The van der Waals surface area contributed by atoms with Crippen LogP contribution in [0.3, 0.4) is 0 Å². The normalized spacial score (nSPS) is 32.4. The van der Waals surface area contributed by atoms with E-state index in [2.05, 4.69) is 30.0 Å². The van der Waals surface area contributed by atoms with Crippen LogP contribution in [0.25, 0.3) is 0 Å². The van der Waals surface area contributed by atoms with Crippen molar-refractivity contribution in [1.82, 2.24) is 4.90 Å². The lowest BCUT2D eigenvalue weighted by atomic mass is 9.55. The number of fused-ring (bicyclic) bond motifs is 1. The number of benzene rings is 2. The minimum Gasteiger partial charge on any atom is -0.485 e. The Morgan fingerprint density at radius 1 is 1.06 bits per heavy atom. The van der Waals surface area contributed by atoms with Gasteiger partial charge in [-0.25, -0.2) is 0 Å². The van der Waals surface area contributed by atoms with Crippen molar-refractivity contribution in [3.05, 3.63) is 59.2 Å². The average molecular weight is 436 g/mol. The first-order valence-corrected chi connectivity index (χ1v) is 12.1. The van der Waals surface area contributed by atoms with E-state index in [1.165, 1.54) is 5.56 Å². The Morgan fingerprint density at radius 3 is 2.66 bits per heavy atom. The van der Waals surface area contributed by atoms with Crippen LogP contribution in [-0.2, 0) is 12.0 Å². The SMILES string of the molecule is Cc1ccc(OCc2ccccc2)c2c1C13CCN(CC4(O)CC4)CC1(O)CCC[C@@H]3O2. The topological polar surface area (TPSA) is 62.2 Å². The fourth-order valence-corrected chi connectivity index (χ4v) is 6.60. The van der Waals surface area contributed by atoms with Crippen LogP contribution in [-0.4, -0.2) is 52.1 Å². The Kier molecular flexibility index (Phi) is 4.62.